The third kappa shape index (κ3) is 2.22. The first-order valence-electron chi connectivity index (χ1n) is 6.76. The Balaban J connectivity index is 1.87. The quantitative estimate of drug-likeness (QED) is 0.601. The van der Waals surface area contributed by atoms with E-state index in [0.717, 1.165) is 23.3 Å². The number of rotatable bonds is 3. The van der Waals surface area contributed by atoms with Crippen LogP contribution in [0.3, 0.4) is 0 Å². The van der Waals surface area contributed by atoms with Crippen molar-refractivity contribution in [2.75, 3.05) is 11.2 Å². The van der Waals surface area contributed by atoms with E-state index in [1.807, 2.05) is 0 Å². The SMILES string of the molecule is C[C@@H]1Cc2ccc3c(c2C[C@H]1CCCI)OCO3. The lowest BCUT2D eigenvalue weighted by atomic mass is 9.74. The van der Waals surface area contributed by atoms with Crippen LogP contribution in [-0.2, 0) is 12.8 Å². The summed E-state index contributed by atoms with van der Waals surface area (Å²) in [4.78, 5) is 0. The van der Waals surface area contributed by atoms with Gasteiger partial charge < -0.3 is 9.47 Å². The zero-order valence-corrected chi connectivity index (χ0v) is 12.9. The number of hydrogen-bond donors (Lipinski definition) is 0. The van der Waals surface area contributed by atoms with Crippen LogP contribution in [0.2, 0.25) is 0 Å². The molecule has 0 radical (unpaired) electrons. The van der Waals surface area contributed by atoms with Gasteiger partial charge in [0.2, 0.25) is 6.79 Å². The summed E-state index contributed by atoms with van der Waals surface area (Å²) in [5, 5.41) is 0. The first-order valence-corrected chi connectivity index (χ1v) is 8.28. The molecule has 98 valence electrons. The predicted molar refractivity (Wildman–Crippen MR) is 80.7 cm³/mol. The minimum Gasteiger partial charge on any atom is -0.454 e. The molecule has 0 saturated heterocycles. The van der Waals surface area contributed by atoms with Crippen molar-refractivity contribution >= 4 is 22.6 Å². The molecule has 0 spiro atoms. The Bertz CT molecular complexity index is 444. The number of fused-ring (bicyclic) bond motifs is 3. The van der Waals surface area contributed by atoms with E-state index >= 15 is 0 Å². The molecule has 18 heavy (non-hydrogen) atoms. The molecule has 1 aliphatic carbocycles. The minimum absolute atomic E-state index is 0.389. The molecular formula is C15H19IO2. The van der Waals surface area contributed by atoms with Gasteiger partial charge in [-0.3, -0.25) is 0 Å². The highest BCUT2D eigenvalue weighted by molar-refractivity contribution is 14.1. The smallest absolute Gasteiger partial charge is 0.231 e. The molecule has 0 amide bonds. The van der Waals surface area contributed by atoms with E-state index in [-0.39, 0.29) is 0 Å². The Labute approximate surface area is 122 Å². The topological polar surface area (TPSA) is 18.5 Å². The highest BCUT2D eigenvalue weighted by atomic mass is 127. The van der Waals surface area contributed by atoms with Crippen molar-refractivity contribution < 1.29 is 9.47 Å². The fraction of sp³-hybridized carbons (Fsp3) is 0.600. The highest BCUT2D eigenvalue weighted by Crippen LogP contribution is 2.43. The third-order valence-corrected chi connectivity index (χ3v) is 5.02. The molecule has 3 rings (SSSR count). The summed E-state index contributed by atoms with van der Waals surface area (Å²) in [7, 11) is 0. The van der Waals surface area contributed by atoms with Gasteiger partial charge in [-0.25, -0.2) is 0 Å². The van der Waals surface area contributed by atoms with Gasteiger partial charge in [-0.2, -0.15) is 0 Å². The summed E-state index contributed by atoms with van der Waals surface area (Å²) < 4.78 is 12.4. The first-order chi connectivity index (χ1) is 8.79. The fourth-order valence-corrected chi connectivity index (χ4v) is 3.63. The lowest BCUT2D eigenvalue weighted by molar-refractivity contribution is 0.172. The van der Waals surface area contributed by atoms with E-state index < -0.39 is 0 Å². The van der Waals surface area contributed by atoms with Crippen LogP contribution in [0.25, 0.3) is 0 Å². The molecule has 1 aromatic rings. The van der Waals surface area contributed by atoms with Crippen molar-refractivity contribution in [1.82, 2.24) is 0 Å². The summed E-state index contributed by atoms with van der Waals surface area (Å²) in [5.74, 6) is 3.57. The van der Waals surface area contributed by atoms with Crippen LogP contribution in [0.15, 0.2) is 12.1 Å². The molecule has 2 nitrogen and oxygen atoms in total. The van der Waals surface area contributed by atoms with Crippen molar-refractivity contribution in [3.05, 3.63) is 23.3 Å². The minimum atomic E-state index is 0.389. The van der Waals surface area contributed by atoms with Gasteiger partial charge in [-0.05, 0) is 53.6 Å². The number of halogens is 1. The standard InChI is InChI=1S/C15H19IO2/c1-10-7-12-4-5-14-15(18-9-17-14)13(12)8-11(10)3-2-6-16/h4-5,10-11H,2-3,6-9H2,1H3/t10-,11-/m1/s1. The maximum atomic E-state index is 5.66. The Hall–Kier alpha value is -0.450. The van der Waals surface area contributed by atoms with Crippen LogP contribution in [0.1, 0.15) is 30.9 Å². The van der Waals surface area contributed by atoms with E-state index in [2.05, 4.69) is 41.6 Å². The van der Waals surface area contributed by atoms with Crippen LogP contribution in [0, 0.1) is 11.8 Å². The molecule has 2 atom stereocenters. The van der Waals surface area contributed by atoms with Crippen molar-refractivity contribution in [2.24, 2.45) is 11.8 Å². The van der Waals surface area contributed by atoms with Crippen LogP contribution in [-0.4, -0.2) is 11.2 Å². The molecule has 1 heterocycles. The molecule has 0 unspecified atom stereocenters. The van der Waals surface area contributed by atoms with Gasteiger partial charge in [0.15, 0.2) is 11.5 Å². The second kappa shape index (κ2) is 5.27. The summed E-state index contributed by atoms with van der Waals surface area (Å²) in [6.07, 6.45) is 5.03. The summed E-state index contributed by atoms with van der Waals surface area (Å²) in [6, 6.07) is 4.30. The van der Waals surface area contributed by atoms with Crippen LogP contribution >= 0.6 is 22.6 Å². The lowest BCUT2D eigenvalue weighted by Crippen LogP contribution is -2.23. The monoisotopic (exact) mass is 358 g/mol. The molecule has 0 N–H and O–H groups in total. The molecule has 0 bridgehead atoms. The van der Waals surface area contributed by atoms with E-state index in [4.69, 9.17) is 9.47 Å². The third-order valence-electron chi connectivity index (χ3n) is 4.26. The highest BCUT2D eigenvalue weighted by Gasteiger charge is 2.30. The van der Waals surface area contributed by atoms with Crippen LogP contribution in [0.5, 0.6) is 11.5 Å². The van der Waals surface area contributed by atoms with Crippen molar-refractivity contribution in [3.8, 4) is 11.5 Å². The van der Waals surface area contributed by atoms with Crippen molar-refractivity contribution in [3.63, 3.8) is 0 Å². The van der Waals surface area contributed by atoms with Gasteiger partial charge in [0.25, 0.3) is 0 Å². The zero-order valence-electron chi connectivity index (χ0n) is 10.7. The average Bonchev–Trinajstić information content (AvgIpc) is 2.84. The van der Waals surface area contributed by atoms with Gasteiger partial charge in [-0.15, -0.1) is 0 Å². The van der Waals surface area contributed by atoms with E-state index in [1.165, 1.54) is 41.2 Å². The van der Waals surface area contributed by atoms with Crippen molar-refractivity contribution in [1.29, 1.82) is 0 Å². The van der Waals surface area contributed by atoms with E-state index in [9.17, 15) is 0 Å². The predicted octanol–water partition coefficient (Wildman–Crippen LogP) is 3.98. The van der Waals surface area contributed by atoms with Gasteiger partial charge in [0, 0.05) is 5.56 Å². The Morgan fingerprint density at radius 2 is 2.17 bits per heavy atom. The second-order valence-corrected chi connectivity index (χ2v) is 6.49. The lowest BCUT2D eigenvalue weighted by Gasteiger charge is -2.31. The fourth-order valence-electron chi connectivity index (χ4n) is 3.19. The molecule has 0 saturated carbocycles. The summed E-state index contributed by atoms with van der Waals surface area (Å²) in [5.41, 5.74) is 2.89. The molecule has 0 aromatic heterocycles. The Kier molecular flexibility index (Phi) is 3.68. The van der Waals surface area contributed by atoms with Gasteiger partial charge in [-0.1, -0.05) is 35.6 Å². The largest absolute Gasteiger partial charge is 0.454 e. The molecule has 1 aliphatic heterocycles. The maximum Gasteiger partial charge on any atom is 0.231 e. The molecule has 3 heteroatoms. The van der Waals surface area contributed by atoms with Gasteiger partial charge in [0.05, 0.1) is 0 Å². The van der Waals surface area contributed by atoms with Crippen molar-refractivity contribution in [2.45, 2.75) is 32.6 Å². The zero-order chi connectivity index (χ0) is 12.5. The van der Waals surface area contributed by atoms with Crippen LogP contribution in [0.4, 0.5) is 0 Å². The molecule has 1 aromatic carbocycles. The number of alkyl halides is 1. The summed E-state index contributed by atoms with van der Waals surface area (Å²) >= 11 is 2.48. The molecule has 0 fully saturated rings. The van der Waals surface area contributed by atoms with E-state index in [1.54, 1.807) is 0 Å². The second-order valence-electron chi connectivity index (χ2n) is 5.41. The van der Waals surface area contributed by atoms with Crippen LogP contribution < -0.4 is 9.47 Å². The van der Waals surface area contributed by atoms with Gasteiger partial charge >= 0.3 is 0 Å². The maximum absolute atomic E-state index is 5.66. The average molecular weight is 358 g/mol. The molecule has 2 aliphatic rings. The first kappa shape index (κ1) is 12.6. The molecular weight excluding hydrogens is 339 g/mol. The van der Waals surface area contributed by atoms with Gasteiger partial charge in [0.1, 0.15) is 0 Å². The Morgan fingerprint density at radius 1 is 1.28 bits per heavy atom. The number of hydrogen-bond acceptors (Lipinski definition) is 2. The summed E-state index contributed by atoms with van der Waals surface area (Å²) in [6.45, 7) is 2.78. The number of ether oxygens (including phenoxy) is 2. The Morgan fingerprint density at radius 3 is 3.00 bits per heavy atom. The van der Waals surface area contributed by atoms with E-state index in [0.29, 0.717) is 6.79 Å². The normalized spacial score (nSPS) is 25.0. The number of benzene rings is 1.